The predicted octanol–water partition coefficient (Wildman–Crippen LogP) is 3.60. The number of para-hydroxylation sites is 1. The zero-order valence-electron chi connectivity index (χ0n) is 19.3. The number of hydrogen-bond acceptors (Lipinski definition) is 5. The summed E-state index contributed by atoms with van der Waals surface area (Å²) in [5.41, 5.74) is 2.95. The summed E-state index contributed by atoms with van der Waals surface area (Å²) >= 11 is 0. The van der Waals surface area contributed by atoms with E-state index in [2.05, 4.69) is 4.98 Å². The van der Waals surface area contributed by atoms with Crippen molar-refractivity contribution in [3.05, 3.63) is 46.9 Å². The topological polar surface area (TPSA) is 75.6 Å². The number of aryl methyl sites for hydroxylation is 2. The summed E-state index contributed by atoms with van der Waals surface area (Å²) in [6, 6.07) is 7.85. The molecule has 2 amide bonds. The molecule has 1 aromatic heterocycles. The van der Waals surface area contributed by atoms with Crippen molar-refractivity contribution < 1.29 is 14.3 Å². The first kappa shape index (κ1) is 22.2. The van der Waals surface area contributed by atoms with Crippen LogP contribution in [0.25, 0.3) is 0 Å². The van der Waals surface area contributed by atoms with Crippen LogP contribution in [0.4, 0.5) is 5.82 Å². The first-order valence-electron chi connectivity index (χ1n) is 11.5. The summed E-state index contributed by atoms with van der Waals surface area (Å²) < 4.78 is 5.93. The van der Waals surface area contributed by atoms with E-state index in [1.807, 2.05) is 45.2 Å². The van der Waals surface area contributed by atoms with Crippen LogP contribution in [-0.2, 0) is 22.6 Å². The summed E-state index contributed by atoms with van der Waals surface area (Å²) in [4.78, 5) is 38.3. The molecule has 0 N–H and O–H groups in total. The highest BCUT2D eigenvalue weighted by molar-refractivity contribution is 5.95. The molecule has 0 radical (unpaired) electrons. The molecule has 1 aliphatic carbocycles. The average Bonchev–Trinajstić information content (AvgIpc) is 3.31. The number of carbonyl (C=O) groups excluding carboxylic acids is 2. The van der Waals surface area contributed by atoms with Crippen LogP contribution in [0, 0.1) is 19.8 Å². The molecular weight excluding hydrogens is 404 g/mol. The summed E-state index contributed by atoms with van der Waals surface area (Å²) in [5.74, 6) is 2.40. The third-order valence-electron chi connectivity index (χ3n) is 6.51. The molecule has 1 aliphatic heterocycles. The average molecular weight is 437 g/mol. The Morgan fingerprint density at radius 1 is 1.16 bits per heavy atom. The van der Waals surface area contributed by atoms with Crippen molar-refractivity contribution in [2.75, 3.05) is 25.1 Å². The quantitative estimate of drug-likeness (QED) is 0.663. The number of amides is 2. The minimum absolute atomic E-state index is 0.0466. The van der Waals surface area contributed by atoms with Crippen molar-refractivity contribution in [3.8, 4) is 5.75 Å². The fourth-order valence-corrected chi connectivity index (χ4v) is 4.68. The number of ether oxygens (including phenoxy) is 1. The minimum atomic E-state index is 0.0466. The monoisotopic (exact) mass is 436 g/mol. The molecule has 170 valence electrons. The molecule has 0 unspecified atom stereocenters. The van der Waals surface area contributed by atoms with Crippen molar-refractivity contribution in [1.82, 2.24) is 14.9 Å². The van der Waals surface area contributed by atoms with E-state index in [1.165, 1.54) is 0 Å². The second-order valence-corrected chi connectivity index (χ2v) is 8.86. The van der Waals surface area contributed by atoms with Gasteiger partial charge in [-0.05, 0) is 44.7 Å². The highest BCUT2D eigenvalue weighted by Crippen LogP contribution is 2.29. The van der Waals surface area contributed by atoms with Crippen LogP contribution in [0.15, 0.2) is 24.3 Å². The van der Waals surface area contributed by atoms with E-state index in [4.69, 9.17) is 9.72 Å². The van der Waals surface area contributed by atoms with Gasteiger partial charge in [-0.1, -0.05) is 31.0 Å². The van der Waals surface area contributed by atoms with E-state index < -0.39 is 0 Å². The Kier molecular flexibility index (Phi) is 6.72. The molecule has 7 heteroatoms. The third-order valence-corrected chi connectivity index (χ3v) is 6.51. The summed E-state index contributed by atoms with van der Waals surface area (Å²) in [5, 5.41) is 0. The van der Waals surface area contributed by atoms with Crippen LogP contribution in [0.2, 0.25) is 0 Å². The maximum atomic E-state index is 12.7. The van der Waals surface area contributed by atoms with Gasteiger partial charge < -0.3 is 9.64 Å². The summed E-state index contributed by atoms with van der Waals surface area (Å²) in [7, 11) is 1.82. The van der Waals surface area contributed by atoms with Gasteiger partial charge in [0.2, 0.25) is 11.8 Å². The zero-order valence-corrected chi connectivity index (χ0v) is 19.3. The molecular formula is C25H32N4O3. The van der Waals surface area contributed by atoms with Gasteiger partial charge >= 0.3 is 0 Å². The lowest BCUT2D eigenvalue weighted by Gasteiger charge is -2.30. The van der Waals surface area contributed by atoms with Gasteiger partial charge in [-0.2, -0.15) is 0 Å². The number of fused-ring (bicyclic) bond motifs is 1. The summed E-state index contributed by atoms with van der Waals surface area (Å²) in [6.07, 6.45) is 5.28. The Labute approximate surface area is 189 Å². The number of hydrogen-bond donors (Lipinski definition) is 0. The maximum absolute atomic E-state index is 12.7. The first-order valence-corrected chi connectivity index (χ1v) is 11.5. The molecule has 1 fully saturated rings. The van der Waals surface area contributed by atoms with Crippen molar-refractivity contribution in [2.45, 2.75) is 58.9 Å². The molecule has 1 saturated carbocycles. The molecule has 0 saturated heterocycles. The molecule has 1 aromatic carbocycles. The molecule has 0 spiro atoms. The van der Waals surface area contributed by atoms with Gasteiger partial charge in [-0.25, -0.2) is 9.97 Å². The number of carbonyl (C=O) groups is 2. The van der Waals surface area contributed by atoms with Gasteiger partial charge in [0.25, 0.3) is 0 Å². The van der Waals surface area contributed by atoms with Gasteiger partial charge in [0.05, 0.1) is 13.1 Å². The third kappa shape index (κ3) is 4.76. The highest BCUT2D eigenvalue weighted by Gasteiger charge is 2.29. The Hall–Kier alpha value is -2.96. The van der Waals surface area contributed by atoms with E-state index in [0.29, 0.717) is 44.2 Å². The summed E-state index contributed by atoms with van der Waals surface area (Å²) in [6.45, 7) is 5.12. The van der Waals surface area contributed by atoms with Crippen LogP contribution in [0.3, 0.4) is 0 Å². The van der Waals surface area contributed by atoms with Crippen molar-refractivity contribution in [3.63, 3.8) is 0 Å². The SMILES string of the molecule is Cc1ccccc1OCCN1C(=O)CCc2c(C)nc(CN(C)C(=O)C3CCCC3)nc21. The van der Waals surface area contributed by atoms with Crippen molar-refractivity contribution >= 4 is 17.6 Å². The van der Waals surface area contributed by atoms with Gasteiger partial charge in [-0.3, -0.25) is 14.5 Å². The Bertz CT molecular complexity index is 1000. The second kappa shape index (κ2) is 9.67. The number of benzene rings is 1. The number of nitrogens with zero attached hydrogens (tertiary/aromatic N) is 4. The lowest BCUT2D eigenvalue weighted by Crippen LogP contribution is -2.40. The number of anilines is 1. The largest absolute Gasteiger partial charge is 0.491 e. The Balaban J connectivity index is 1.49. The van der Waals surface area contributed by atoms with E-state index in [9.17, 15) is 9.59 Å². The molecule has 32 heavy (non-hydrogen) atoms. The fourth-order valence-electron chi connectivity index (χ4n) is 4.68. The molecule has 2 aromatic rings. The van der Waals surface area contributed by atoms with Crippen LogP contribution in [0.5, 0.6) is 5.75 Å². The molecule has 2 heterocycles. The molecule has 2 aliphatic rings. The lowest BCUT2D eigenvalue weighted by molar-refractivity contribution is -0.134. The van der Waals surface area contributed by atoms with E-state index >= 15 is 0 Å². The van der Waals surface area contributed by atoms with Crippen LogP contribution >= 0.6 is 0 Å². The number of aromatic nitrogens is 2. The molecule has 4 rings (SSSR count). The fraction of sp³-hybridized carbons (Fsp3) is 0.520. The molecule has 0 bridgehead atoms. The minimum Gasteiger partial charge on any atom is -0.491 e. The van der Waals surface area contributed by atoms with Gasteiger partial charge in [-0.15, -0.1) is 0 Å². The predicted molar refractivity (Wildman–Crippen MR) is 123 cm³/mol. The van der Waals surface area contributed by atoms with Gasteiger partial charge in [0, 0.05) is 30.6 Å². The van der Waals surface area contributed by atoms with E-state index in [-0.39, 0.29) is 17.7 Å². The van der Waals surface area contributed by atoms with E-state index in [1.54, 1.807) is 9.80 Å². The lowest BCUT2D eigenvalue weighted by atomic mass is 10.0. The second-order valence-electron chi connectivity index (χ2n) is 8.86. The van der Waals surface area contributed by atoms with Crippen LogP contribution in [0.1, 0.15) is 54.7 Å². The number of rotatable bonds is 7. The molecule has 7 nitrogen and oxygen atoms in total. The van der Waals surface area contributed by atoms with Gasteiger partial charge in [0.1, 0.15) is 24.0 Å². The normalized spacial score (nSPS) is 16.2. The first-order chi connectivity index (χ1) is 15.4. The van der Waals surface area contributed by atoms with Crippen LogP contribution in [-0.4, -0.2) is 46.9 Å². The van der Waals surface area contributed by atoms with Crippen LogP contribution < -0.4 is 9.64 Å². The Morgan fingerprint density at radius 3 is 2.66 bits per heavy atom. The van der Waals surface area contributed by atoms with E-state index in [0.717, 1.165) is 48.3 Å². The Morgan fingerprint density at radius 2 is 1.91 bits per heavy atom. The molecule has 0 atom stereocenters. The zero-order chi connectivity index (χ0) is 22.7. The highest BCUT2D eigenvalue weighted by atomic mass is 16.5. The maximum Gasteiger partial charge on any atom is 0.228 e. The van der Waals surface area contributed by atoms with Gasteiger partial charge in [0.15, 0.2) is 0 Å². The van der Waals surface area contributed by atoms with Crippen molar-refractivity contribution in [2.24, 2.45) is 5.92 Å². The van der Waals surface area contributed by atoms with Crippen molar-refractivity contribution in [1.29, 1.82) is 0 Å². The standard InChI is InChI=1S/C25H32N4O3/c1-17-8-4-7-11-21(17)32-15-14-29-23(30)13-12-20-18(2)26-22(27-24(20)29)16-28(3)25(31)19-9-5-6-10-19/h4,7-8,11,19H,5-6,9-10,12-16H2,1-3H3. The smallest absolute Gasteiger partial charge is 0.228 e.